The molecule has 0 spiro atoms. The molecular weight excluding hydrogens is 254 g/mol. The van der Waals surface area contributed by atoms with Crippen molar-refractivity contribution in [3.05, 3.63) is 52.2 Å². The number of benzene rings is 1. The van der Waals surface area contributed by atoms with Gasteiger partial charge in [-0.15, -0.1) is 0 Å². The lowest BCUT2D eigenvalue weighted by Crippen LogP contribution is -2.21. The second-order valence-electron chi connectivity index (χ2n) is 4.71. The van der Waals surface area contributed by atoms with Gasteiger partial charge in [0.2, 0.25) is 0 Å². The van der Waals surface area contributed by atoms with Crippen LogP contribution in [-0.2, 0) is 12.8 Å². The van der Waals surface area contributed by atoms with E-state index in [-0.39, 0.29) is 6.04 Å². The van der Waals surface area contributed by atoms with Gasteiger partial charge in [0.1, 0.15) is 5.75 Å². The van der Waals surface area contributed by atoms with Gasteiger partial charge < -0.3 is 10.5 Å². The Morgan fingerprint density at radius 3 is 2.84 bits per heavy atom. The molecule has 0 saturated heterocycles. The average molecular weight is 275 g/mol. The third-order valence-electron chi connectivity index (χ3n) is 3.21. The van der Waals surface area contributed by atoms with Crippen LogP contribution >= 0.6 is 11.3 Å². The zero-order chi connectivity index (χ0) is 13.5. The van der Waals surface area contributed by atoms with Gasteiger partial charge in [-0.3, -0.25) is 0 Å². The number of nitrogens with two attached hydrogens (primary N) is 1. The largest absolute Gasteiger partial charge is 0.493 e. The number of para-hydroxylation sites is 1. The molecule has 3 heteroatoms. The monoisotopic (exact) mass is 275 g/mol. The fraction of sp³-hybridized carbons (Fsp3) is 0.375. The third-order valence-corrected chi connectivity index (χ3v) is 3.94. The van der Waals surface area contributed by atoms with Crippen molar-refractivity contribution < 1.29 is 4.74 Å². The number of hydrogen-bond donors (Lipinski definition) is 1. The maximum absolute atomic E-state index is 6.03. The Labute approximate surface area is 119 Å². The minimum Gasteiger partial charge on any atom is -0.493 e. The maximum atomic E-state index is 6.03. The molecule has 1 heterocycles. The minimum absolute atomic E-state index is 0.210. The fourth-order valence-electron chi connectivity index (χ4n) is 1.95. The third kappa shape index (κ3) is 4.37. The average Bonchev–Trinajstić information content (AvgIpc) is 2.94. The molecule has 1 aromatic heterocycles. The minimum atomic E-state index is 0.210. The molecule has 2 nitrogen and oxygen atoms in total. The van der Waals surface area contributed by atoms with Crippen molar-refractivity contribution in [3.63, 3.8) is 0 Å². The molecule has 2 N–H and O–H groups in total. The molecule has 0 radical (unpaired) electrons. The molecule has 0 saturated carbocycles. The number of ether oxygens (including phenoxy) is 1. The molecule has 2 aromatic rings. The van der Waals surface area contributed by atoms with E-state index >= 15 is 0 Å². The molecule has 0 bridgehead atoms. The van der Waals surface area contributed by atoms with E-state index in [0.717, 1.165) is 31.6 Å². The Morgan fingerprint density at radius 2 is 2.11 bits per heavy atom. The first-order chi connectivity index (χ1) is 9.29. The Hall–Kier alpha value is -1.32. The first-order valence-corrected chi connectivity index (χ1v) is 7.71. The first-order valence-electron chi connectivity index (χ1n) is 6.77. The van der Waals surface area contributed by atoms with Crippen molar-refractivity contribution >= 4 is 11.3 Å². The van der Waals surface area contributed by atoms with Crippen molar-refractivity contribution in [1.82, 2.24) is 0 Å². The summed E-state index contributed by atoms with van der Waals surface area (Å²) in [6, 6.07) is 10.6. The molecule has 1 aromatic carbocycles. The van der Waals surface area contributed by atoms with Crippen LogP contribution in [0, 0.1) is 0 Å². The second kappa shape index (κ2) is 7.31. The standard InChI is InChI=1S/C16H21NOS/c1-2-15(17)11-14-5-3-4-6-16(14)18-9-7-13-8-10-19-12-13/h3-6,8,10,12,15H,2,7,9,11,17H2,1H3. The van der Waals surface area contributed by atoms with Gasteiger partial charge in [0.25, 0.3) is 0 Å². The predicted octanol–water partition coefficient (Wildman–Crippen LogP) is 3.65. The molecular formula is C16H21NOS. The van der Waals surface area contributed by atoms with E-state index in [4.69, 9.17) is 10.5 Å². The molecule has 0 amide bonds. The van der Waals surface area contributed by atoms with Crippen LogP contribution in [0.1, 0.15) is 24.5 Å². The Kier molecular flexibility index (Phi) is 5.43. The van der Waals surface area contributed by atoms with Gasteiger partial charge in [-0.1, -0.05) is 25.1 Å². The van der Waals surface area contributed by atoms with Gasteiger partial charge in [0.05, 0.1) is 6.61 Å². The molecule has 0 fully saturated rings. The molecule has 0 aliphatic rings. The highest BCUT2D eigenvalue weighted by molar-refractivity contribution is 7.07. The number of rotatable bonds is 7. The van der Waals surface area contributed by atoms with Crippen molar-refractivity contribution in [2.24, 2.45) is 5.73 Å². The second-order valence-corrected chi connectivity index (χ2v) is 5.49. The van der Waals surface area contributed by atoms with E-state index in [1.54, 1.807) is 11.3 Å². The van der Waals surface area contributed by atoms with E-state index < -0.39 is 0 Å². The summed E-state index contributed by atoms with van der Waals surface area (Å²) in [6.07, 6.45) is 2.83. The van der Waals surface area contributed by atoms with Gasteiger partial charge in [0, 0.05) is 12.5 Å². The van der Waals surface area contributed by atoms with Crippen molar-refractivity contribution in [1.29, 1.82) is 0 Å². The van der Waals surface area contributed by atoms with Crippen LogP contribution in [0.15, 0.2) is 41.1 Å². The Bertz CT molecular complexity index is 481. The zero-order valence-corrected chi connectivity index (χ0v) is 12.2. The summed E-state index contributed by atoms with van der Waals surface area (Å²) < 4.78 is 5.90. The van der Waals surface area contributed by atoms with Gasteiger partial charge in [-0.05, 0) is 46.9 Å². The van der Waals surface area contributed by atoms with Gasteiger partial charge in [0.15, 0.2) is 0 Å². The highest BCUT2D eigenvalue weighted by atomic mass is 32.1. The molecule has 1 unspecified atom stereocenters. The van der Waals surface area contributed by atoms with E-state index in [2.05, 4.69) is 29.8 Å². The smallest absolute Gasteiger partial charge is 0.122 e. The highest BCUT2D eigenvalue weighted by Crippen LogP contribution is 2.20. The topological polar surface area (TPSA) is 35.2 Å². The SMILES string of the molecule is CCC(N)Cc1ccccc1OCCc1ccsc1. The summed E-state index contributed by atoms with van der Waals surface area (Å²) in [4.78, 5) is 0. The Morgan fingerprint density at radius 1 is 1.26 bits per heavy atom. The van der Waals surface area contributed by atoms with Crippen LogP contribution in [0.4, 0.5) is 0 Å². The van der Waals surface area contributed by atoms with E-state index in [1.165, 1.54) is 11.1 Å². The molecule has 102 valence electrons. The van der Waals surface area contributed by atoms with Crippen LogP contribution < -0.4 is 10.5 Å². The van der Waals surface area contributed by atoms with Crippen LogP contribution in [0.2, 0.25) is 0 Å². The Balaban J connectivity index is 1.91. The van der Waals surface area contributed by atoms with Crippen molar-refractivity contribution in [2.75, 3.05) is 6.61 Å². The van der Waals surface area contributed by atoms with E-state index in [0.29, 0.717) is 0 Å². The van der Waals surface area contributed by atoms with Crippen molar-refractivity contribution in [2.45, 2.75) is 32.2 Å². The lowest BCUT2D eigenvalue weighted by molar-refractivity contribution is 0.318. The lowest BCUT2D eigenvalue weighted by Gasteiger charge is -2.14. The fourth-order valence-corrected chi connectivity index (χ4v) is 2.66. The summed E-state index contributed by atoms with van der Waals surface area (Å²) in [5.74, 6) is 0.974. The van der Waals surface area contributed by atoms with E-state index in [9.17, 15) is 0 Å². The van der Waals surface area contributed by atoms with Gasteiger partial charge >= 0.3 is 0 Å². The zero-order valence-electron chi connectivity index (χ0n) is 11.3. The summed E-state index contributed by atoms with van der Waals surface area (Å²) in [6.45, 7) is 2.83. The van der Waals surface area contributed by atoms with Crippen molar-refractivity contribution in [3.8, 4) is 5.75 Å². The summed E-state index contributed by atoms with van der Waals surface area (Å²) in [5, 5.41) is 4.27. The van der Waals surface area contributed by atoms with Crippen LogP contribution in [0.25, 0.3) is 0 Å². The van der Waals surface area contributed by atoms with Crippen LogP contribution in [0.5, 0.6) is 5.75 Å². The van der Waals surface area contributed by atoms with Crippen LogP contribution in [-0.4, -0.2) is 12.6 Å². The van der Waals surface area contributed by atoms with Crippen LogP contribution in [0.3, 0.4) is 0 Å². The molecule has 0 aliphatic heterocycles. The lowest BCUT2D eigenvalue weighted by atomic mass is 10.0. The summed E-state index contributed by atoms with van der Waals surface area (Å²) in [5.41, 5.74) is 8.58. The first kappa shape index (κ1) is 14.1. The number of thiophene rings is 1. The molecule has 1 atom stereocenters. The van der Waals surface area contributed by atoms with E-state index in [1.807, 2.05) is 18.2 Å². The van der Waals surface area contributed by atoms with Gasteiger partial charge in [-0.2, -0.15) is 11.3 Å². The predicted molar refractivity (Wildman–Crippen MR) is 81.9 cm³/mol. The summed E-state index contributed by atoms with van der Waals surface area (Å²) in [7, 11) is 0. The molecule has 2 rings (SSSR count). The summed E-state index contributed by atoms with van der Waals surface area (Å²) >= 11 is 1.73. The highest BCUT2D eigenvalue weighted by Gasteiger charge is 2.07. The molecule has 0 aliphatic carbocycles. The number of hydrogen-bond acceptors (Lipinski definition) is 3. The molecule has 19 heavy (non-hydrogen) atoms. The quantitative estimate of drug-likeness (QED) is 0.837. The van der Waals surface area contributed by atoms with Gasteiger partial charge in [-0.25, -0.2) is 0 Å². The normalized spacial score (nSPS) is 12.3. The maximum Gasteiger partial charge on any atom is 0.122 e.